The number of carboxylic acid groups (broad SMARTS) is 1. The van der Waals surface area contributed by atoms with E-state index >= 15 is 0 Å². The fraction of sp³-hybridized carbons (Fsp3) is 0.304. The van der Waals surface area contributed by atoms with Crippen LogP contribution < -0.4 is 15.9 Å². The van der Waals surface area contributed by atoms with Gasteiger partial charge in [0.2, 0.25) is 5.91 Å². The topological polar surface area (TPSA) is 98.0 Å². The molecule has 1 unspecified atom stereocenters. The SMILES string of the molecule is C/C=c1/c([C@H]2C(=O)NC(C(=O)O)Cc3c2[nH]c2ccccc32)c[nH]/c1=C/C.CC. The number of carboxylic acids is 1. The third kappa shape index (κ3) is 3.46. The molecule has 2 aromatic heterocycles. The van der Waals surface area contributed by atoms with Gasteiger partial charge in [0, 0.05) is 34.6 Å². The molecule has 4 N–H and O–H groups in total. The molecule has 29 heavy (non-hydrogen) atoms. The van der Waals surface area contributed by atoms with E-state index in [0.29, 0.717) is 0 Å². The van der Waals surface area contributed by atoms with E-state index in [9.17, 15) is 14.7 Å². The van der Waals surface area contributed by atoms with Crippen molar-refractivity contribution in [3.63, 3.8) is 0 Å². The van der Waals surface area contributed by atoms with Crippen LogP contribution in [0, 0.1) is 0 Å². The van der Waals surface area contributed by atoms with Crippen LogP contribution in [0.4, 0.5) is 0 Å². The van der Waals surface area contributed by atoms with Gasteiger partial charge in [0.1, 0.15) is 12.0 Å². The van der Waals surface area contributed by atoms with E-state index in [2.05, 4.69) is 15.3 Å². The number of carbonyl (C=O) groups excluding carboxylic acids is 1. The highest BCUT2D eigenvalue weighted by molar-refractivity contribution is 5.96. The Balaban J connectivity index is 0.00000117. The van der Waals surface area contributed by atoms with Crippen LogP contribution in [0.15, 0.2) is 30.5 Å². The molecular formula is C23H27N3O3. The molecule has 0 saturated heterocycles. The summed E-state index contributed by atoms with van der Waals surface area (Å²) in [6.45, 7) is 7.87. The van der Waals surface area contributed by atoms with E-state index in [1.165, 1.54) is 0 Å². The van der Waals surface area contributed by atoms with E-state index in [-0.39, 0.29) is 12.3 Å². The average molecular weight is 393 g/mol. The number of aromatic amines is 2. The van der Waals surface area contributed by atoms with Gasteiger partial charge in [0.05, 0.1) is 0 Å². The highest BCUT2D eigenvalue weighted by atomic mass is 16.4. The third-order valence-corrected chi connectivity index (χ3v) is 5.29. The van der Waals surface area contributed by atoms with Gasteiger partial charge < -0.3 is 20.4 Å². The summed E-state index contributed by atoms with van der Waals surface area (Å²) in [5, 5.41) is 15.1. The third-order valence-electron chi connectivity index (χ3n) is 5.29. The lowest BCUT2D eigenvalue weighted by molar-refractivity contribution is -0.141. The summed E-state index contributed by atoms with van der Waals surface area (Å²) in [4.78, 5) is 31.4. The van der Waals surface area contributed by atoms with E-state index in [1.807, 2.05) is 70.3 Å². The molecule has 152 valence electrons. The fourth-order valence-electron chi connectivity index (χ4n) is 4.04. The monoisotopic (exact) mass is 393 g/mol. The van der Waals surface area contributed by atoms with Crippen LogP contribution in [0.5, 0.6) is 0 Å². The van der Waals surface area contributed by atoms with Gasteiger partial charge in [-0.1, -0.05) is 44.2 Å². The Labute approximate surface area is 169 Å². The Morgan fingerprint density at radius 3 is 2.55 bits per heavy atom. The predicted octanol–water partition coefficient (Wildman–Crippen LogP) is 2.38. The number of aliphatic carboxylic acids is 1. The number of para-hydroxylation sites is 1. The molecule has 0 radical (unpaired) electrons. The maximum Gasteiger partial charge on any atom is 0.326 e. The maximum atomic E-state index is 13.1. The number of rotatable bonds is 2. The second kappa shape index (κ2) is 8.39. The number of hydrogen-bond donors (Lipinski definition) is 4. The van der Waals surface area contributed by atoms with Crippen LogP contribution in [0.1, 0.15) is 50.4 Å². The van der Waals surface area contributed by atoms with Crippen molar-refractivity contribution >= 4 is 34.9 Å². The molecular weight excluding hydrogens is 366 g/mol. The first-order valence-corrected chi connectivity index (χ1v) is 9.97. The molecule has 0 fully saturated rings. The second-order valence-corrected chi connectivity index (χ2v) is 6.75. The van der Waals surface area contributed by atoms with Crippen molar-refractivity contribution in [2.24, 2.45) is 0 Å². The minimum Gasteiger partial charge on any atom is -0.480 e. The number of nitrogens with one attached hydrogen (secondary N) is 3. The van der Waals surface area contributed by atoms with Crippen molar-refractivity contribution < 1.29 is 14.7 Å². The Morgan fingerprint density at radius 1 is 1.17 bits per heavy atom. The molecule has 0 aliphatic carbocycles. The van der Waals surface area contributed by atoms with Gasteiger partial charge in [0.15, 0.2) is 0 Å². The standard InChI is InChI=1S/C21H21N3O3.C2H6/c1-3-11-14(10-22-15(11)4-2)18-19-13(9-17(21(26)27)24-20(18)25)12-7-5-6-8-16(12)23-19;1-2/h3-8,10,17-18,22-23H,9H2,1-2H3,(H,24,25)(H,26,27);1-2H3/b11-3-,15-4+;/t17?,18-;/m1./s1. The van der Waals surface area contributed by atoms with Crippen molar-refractivity contribution in [1.82, 2.24) is 15.3 Å². The first kappa shape index (κ1) is 20.5. The van der Waals surface area contributed by atoms with E-state index in [4.69, 9.17) is 0 Å². The van der Waals surface area contributed by atoms with Crippen LogP contribution in [-0.4, -0.2) is 33.0 Å². The molecule has 2 atom stereocenters. The van der Waals surface area contributed by atoms with Crippen LogP contribution in [0.3, 0.4) is 0 Å². The van der Waals surface area contributed by atoms with Crippen molar-refractivity contribution in [2.75, 3.05) is 0 Å². The van der Waals surface area contributed by atoms with Gasteiger partial charge in [-0.15, -0.1) is 0 Å². The number of fused-ring (bicyclic) bond motifs is 3. The summed E-state index contributed by atoms with van der Waals surface area (Å²) in [6.07, 6.45) is 6.01. The molecule has 1 aromatic carbocycles. The molecule has 1 aliphatic heterocycles. The van der Waals surface area contributed by atoms with Crippen molar-refractivity contribution in [3.05, 3.63) is 57.9 Å². The number of amides is 1. The van der Waals surface area contributed by atoms with Crippen molar-refractivity contribution in [2.45, 2.75) is 46.1 Å². The summed E-state index contributed by atoms with van der Waals surface area (Å²) in [5.41, 5.74) is 3.39. The Hall–Kier alpha value is -3.28. The summed E-state index contributed by atoms with van der Waals surface area (Å²) in [6, 6.07) is 6.81. The highest BCUT2D eigenvalue weighted by Crippen LogP contribution is 2.34. The Kier molecular flexibility index (Phi) is 5.92. The number of H-pyrrole nitrogens is 2. The van der Waals surface area contributed by atoms with Gasteiger partial charge in [-0.05, 0) is 36.3 Å². The Bertz CT molecular complexity index is 1170. The maximum absolute atomic E-state index is 13.1. The van der Waals surface area contributed by atoms with Crippen molar-refractivity contribution in [3.8, 4) is 0 Å². The molecule has 3 heterocycles. The lowest BCUT2D eigenvalue weighted by Crippen LogP contribution is -2.43. The summed E-state index contributed by atoms with van der Waals surface area (Å²) < 4.78 is 0. The molecule has 4 rings (SSSR count). The minimum absolute atomic E-state index is 0.249. The van der Waals surface area contributed by atoms with Crippen molar-refractivity contribution in [1.29, 1.82) is 0 Å². The molecule has 1 amide bonds. The highest BCUT2D eigenvalue weighted by Gasteiger charge is 2.36. The largest absolute Gasteiger partial charge is 0.480 e. The van der Waals surface area contributed by atoms with E-state index < -0.39 is 17.9 Å². The summed E-state index contributed by atoms with van der Waals surface area (Å²) >= 11 is 0. The lowest BCUT2D eigenvalue weighted by Gasteiger charge is -2.15. The average Bonchev–Trinajstić information content (AvgIpc) is 3.26. The minimum atomic E-state index is -1.03. The number of benzene rings is 1. The molecule has 3 aromatic rings. The molecule has 0 spiro atoms. The van der Waals surface area contributed by atoms with Crippen LogP contribution in [0.2, 0.25) is 0 Å². The number of carbonyl (C=O) groups is 2. The zero-order valence-electron chi connectivity index (χ0n) is 17.2. The van der Waals surface area contributed by atoms with E-state index in [0.717, 1.165) is 38.3 Å². The second-order valence-electron chi connectivity index (χ2n) is 6.75. The molecule has 6 heteroatoms. The van der Waals surface area contributed by atoms with Gasteiger partial charge in [0.25, 0.3) is 0 Å². The first-order valence-electron chi connectivity index (χ1n) is 9.97. The van der Waals surface area contributed by atoms with E-state index in [1.54, 1.807) is 0 Å². The smallest absolute Gasteiger partial charge is 0.326 e. The zero-order valence-corrected chi connectivity index (χ0v) is 17.2. The lowest BCUT2D eigenvalue weighted by atomic mass is 9.92. The normalized spacial score (nSPS) is 19.9. The predicted molar refractivity (Wildman–Crippen MR) is 115 cm³/mol. The van der Waals surface area contributed by atoms with Crippen LogP contribution in [-0.2, 0) is 16.0 Å². The first-order chi connectivity index (χ1) is 14.0. The van der Waals surface area contributed by atoms with Crippen LogP contribution >= 0.6 is 0 Å². The van der Waals surface area contributed by atoms with Gasteiger partial charge in [-0.2, -0.15) is 0 Å². The van der Waals surface area contributed by atoms with Gasteiger partial charge in [-0.3, -0.25) is 4.79 Å². The molecule has 0 bridgehead atoms. The quantitative estimate of drug-likeness (QED) is 0.538. The number of aromatic nitrogens is 2. The fourth-order valence-corrected chi connectivity index (χ4v) is 4.04. The van der Waals surface area contributed by atoms with Crippen LogP contribution in [0.25, 0.3) is 23.1 Å². The molecule has 0 saturated carbocycles. The Morgan fingerprint density at radius 2 is 1.90 bits per heavy atom. The molecule has 6 nitrogen and oxygen atoms in total. The number of hydrogen-bond acceptors (Lipinski definition) is 2. The van der Waals surface area contributed by atoms with Gasteiger partial charge >= 0.3 is 5.97 Å². The van der Waals surface area contributed by atoms with Gasteiger partial charge in [-0.25, -0.2) is 4.79 Å². The summed E-state index contributed by atoms with van der Waals surface area (Å²) in [5.74, 6) is -1.94. The zero-order chi connectivity index (χ0) is 21.1. The molecule has 1 aliphatic rings. The summed E-state index contributed by atoms with van der Waals surface area (Å²) in [7, 11) is 0.